The van der Waals surface area contributed by atoms with Crippen molar-refractivity contribution in [2.45, 2.75) is 32.0 Å². The smallest absolute Gasteiger partial charge is 0.143 e. The lowest BCUT2D eigenvalue weighted by molar-refractivity contribution is 0.0172. The van der Waals surface area contributed by atoms with Gasteiger partial charge >= 0.3 is 0 Å². The maximum atomic E-state index is 13.5. The Kier molecular flexibility index (Phi) is 4.83. The van der Waals surface area contributed by atoms with Crippen LogP contribution in [0.3, 0.4) is 0 Å². The molecule has 0 radical (unpaired) electrons. The molecule has 0 fully saturated rings. The van der Waals surface area contributed by atoms with E-state index < -0.39 is 23.8 Å². The van der Waals surface area contributed by atoms with E-state index >= 15 is 0 Å². The fourth-order valence-electron chi connectivity index (χ4n) is 1.37. The summed E-state index contributed by atoms with van der Waals surface area (Å²) in [5.74, 6) is -1.45. The summed E-state index contributed by atoms with van der Waals surface area (Å²) in [5, 5.41) is 18.8. The van der Waals surface area contributed by atoms with Crippen LogP contribution in [-0.2, 0) is 6.42 Å². The van der Waals surface area contributed by atoms with Crippen LogP contribution in [-0.4, -0.2) is 22.4 Å². The van der Waals surface area contributed by atoms with Gasteiger partial charge in [-0.05, 0) is 34.5 Å². The lowest BCUT2D eigenvalue weighted by atomic mass is 10.0. The molecule has 1 aromatic carbocycles. The highest BCUT2D eigenvalue weighted by atomic mass is 79.9. The fraction of sp³-hybridized carbons (Fsp3) is 0.455. The van der Waals surface area contributed by atoms with E-state index in [0.29, 0.717) is 6.42 Å². The molecule has 0 spiro atoms. The molecule has 2 unspecified atom stereocenters. The number of hydrogen-bond acceptors (Lipinski definition) is 2. The van der Waals surface area contributed by atoms with Crippen molar-refractivity contribution in [1.82, 2.24) is 0 Å². The summed E-state index contributed by atoms with van der Waals surface area (Å²) in [4.78, 5) is 0. The van der Waals surface area contributed by atoms with Crippen molar-refractivity contribution in [1.29, 1.82) is 0 Å². The SMILES string of the molecule is CCC(O)C(O)Cc1c(F)ccc(Br)c1F. The minimum atomic E-state index is -1.16. The van der Waals surface area contributed by atoms with Crippen LogP contribution in [0, 0.1) is 11.6 Å². The van der Waals surface area contributed by atoms with Gasteiger partial charge in [0, 0.05) is 12.0 Å². The summed E-state index contributed by atoms with van der Waals surface area (Å²) in [6, 6.07) is 2.38. The number of rotatable bonds is 4. The van der Waals surface area contributed by atoms with Gasteiger partial charge in [0.15, 0.2) is 0 Å². The van der Waals surface area contributed by atoms with Crippen molar-refractivity contribution in [3.63, 3.8) is 0 Å². The van der Waals surface area contributed by atoms with Gasteiger partial charge in [-0.25, -0.2) is 8.78 Å². The Balaban J connectivity index is 2.92. The predicted octanol–water partition coefficient (Wildman–Crippen LogP) is 2.40. The van der Waals surface area contributed by atoms with E-state index in [1.165, 1.54) is 6.07 Å². The van der Waals surface area contributed by atoms with E-state index in [0.717, 1.165) is 6.07 Å². The third-order valence-electron chi connectivity index (χ3n) is 2.41. The van der Waals surface area contributed by atoms with Crippen LogP contribution in [0.15, 0.2) is 16.6 Å². The fourth-order valence-corrected chi connectivity index (χ4v) is 1.74. The van der Waals surface area contributed by atoms with Crippen LogP contribution in [0.5, 0.6) is 0 Å². The standard InChI is InChI=1S/C11H13BrF2O2/c1-2-9(15)10(16)5-6-8(13)4-3-7(12)11(6)14/h3-4,9-10,15-16H,2,5H2,1H3. The molecule has 0 aliphatic rings. The lowest BCUT2D eigenvalue weighted by Crippen LogP contribution is -2.28. The van der Waals surface area contributed by atoms with Crippen molar-refractivity contribution in [2.24, 2.45) is 0 Å². The summed E-state index contributed by atoms with van der Waals surface area (Å²) in [6.07, 6.45) is -2.05. The third kappa shape index (κ3) is 2.99. The first-order valence-electron chi connectivity index (χ1n) is 4.95. The molecule has 2 nitrogen and oxygen atoms in total. The van der Waals surface area contributed by atoms with Gasteiger partial charge in [0.25, 0.3) is 0 Å². The van der Waals surface area contributed by atoms with E-state index in [1.807, 2.05) is 0 Å². The molecule has 0 heterocycles. The maximum Gasteiger partial charge on any atom is 0.143 e. The highest BCUT2D eigenvalue weighted by molar-refractivity contribution is 9.10. The number of hydrogen-bond donors (Lipinski definition) is 2. The number of halogens is 3. The Hall–Kier alpha value is -0.520. The van der Waals surface area contributed by atoms with Crippen LogP contribution in [0.4, 0.5) is 8.78 Å². The van der Waals surface area contributed by atoms with Crippen molar-refractivity contribution < 1.29 is 19.0 Å². The molecule has 0 saturated heterocycles. The molecule has 5 heteroatoms. The maximum absolute atomic E-state index is 13.5. The second-order valence-electron chi connectivity index (χ2n) is 3.57. The van der Waals surface area contributed by atoms with Gasteiger partial charge in [-0.1, -0.05) is 6.92 Å². The highest BCUT2D eigenvalue weighted by Crippen LogP contribution is 2.23. The zero-order chi connectivity index (χ0) is 12.3. The minimum Gasteiger partial charge on any atom is -0.390 e. The summed E-state index contributed by atoms with van der Waals surface area (Å²) in [5.41, 5.74) is -0.214. The zero-order valence-corrected chi connectivity index (χ0v) is 10.3. The van der Waals surface area contributed by atoms with Gasteiger partial charge in [-0.3, -0.25) is 0 Å². The number of aliphatic hydroxyl groups excluding tert-OH is 2. The van der Waals surface area contributed by atoms with Crippen LogP contribution >= 0.6 is 15.9 Å². The van der Waals surface area contributed by atoms with Crippen molar-refractivity contribution in [3.8, 4) is 0 Å². The second-order valence-corrected chi connectivity index (χ2v) is 4.42. The molecule has 0 aliphatic carbocycles. The van der Waals surface area contributed by atoms with E-state index in [2.05, 4.69) is 15.9 Å². The zero-order valence-electron chi connectivity index (χ0n) is 8.75. The first-order valence-corrected chi connectivity index (χ1v) is 5.75. The molecule has 1 rings (SSSR count). The van der Waals surface area contributed by atoms with Crippen molar-refractivity contribution in [3.05, 3.63) is 33.8 Å². The Morgan fingerprint density at radius 3 is 2.44 bits per heavy atom. The number of aliphatic hydroxyl groups is 2. The Morgan fingerprint density at radius 2 is 1.88 bits per heavy atom. The van der Waals surface area contributed by atoms with Gasteiger partial charge in [-0.2, -0.15) is 0 Å². The van der Waals surface area contributed by atoms with Gasteiger partial charge in [-0.15, -0.1) is 0 Å². The number of benzene rings is 1. The van der Waals surface area contributed by atoms with E-state index in [4.69, 9.17) is 0 Å². The Morgan fingerprint density at radius 1 is 1.25 bits per heavy atom. The lowest BCUT2D eigenvalue weighted by Gasteiger charge is -2.17. The van der Waals surface area contributed by atoms with E-state index in [-0.39, 0.29) is 16.5 Å². The summed E-state index contributed by atoms with van der Waals surface area (Å²) in [7, 11) is 0. The molecular weight excluding hydrogens is 282 g/mol. The van der Waals surface area contributed by atoms with Crippen LogP contribution in [0.1, 0.15) is 18.9 Å². The topological polar surface area (TPSA) is 40.5 Å². The molecule has 2 atom stereocenters. The summed E-state index contributed by atoms with van der Waals surface area (Å²) < 4.78 is 27.0. The van der Waals surface area contributed by atoms with E-state index in [1.54, 1.807) is 6.92 Å². The van der Waals surface area contributed by atoms with Crippen LogP contribution < -0.4 is 0 Å². The molecule has 0 saturated carbocycles. The first kappa shape index (κ1) is 13.5. The summed E-state index contributed by atoms with van der Waals surface area (Å²) >= 11 is 2.94. The molecule has 1 aromatic rings. The molecule has 0 aliphatic heterocycles. The van der Waals surface area contributed by atoms with Crippen LogP contribution in [0.25, 0.3) is 0 Å². The molecule has 0 bridgehead atoms. The Labute approximate surface area is 101 Å². The molecular formula is C11H13BrF2O2. The quantitative estimate of drug-likeness (QED) is 0.837. The molecule has 0 aromatic heterocycles. The molecule has 0 amide bonds. The highest BCUT2D eigenvalue weighted by Gasteiger charge is 2.20. The average molecular weight is 295 g/mol. The molecule has 2 N–H and O–H groups in total. The molecule has 90 valence electrons. The summed E-state index contributed by atoms with van der Waals surface area (Å²) in [6.45, 7) is 1.68. The normalized spacial score (nSPS) is 14.9. The monoisotopic (exact) mass is 294 g/mol. The largest absolute Gasteiger partial charge is 0.390 e. The molecule has 16 heavy (non-hydrogen) atoms. The van der Waals surface area contributed by atoms with Crippen molar-refractivity contribution >= 4 is 15.9 Å². The van der Waals surface area contributed by atoms with Gasteiger partial charge < -0.3 is 10.2 Å². The van der Waals surface area contributed by atoms with Gasteiger partial charge in [0.05, 0.1) is 16.7 Å². The van der Waals surface area contributed by atoms with Crippen molar-refractivity contribution in [2.75, 3.05) is 0 Å². The minimum absolute atomic E-state index is 0.141. The third-order valence-corrected chi connectivity index (χ3v) is 3.03. The Bertz CT molecular complexity index is 371. The van der Waals surface area contributed by atoms with Gasteiger partial charge in [0.1, 0.15) is 11.6 Å². The second kappa shape index (κ2) is 5.70. The van der Waals surface area contributed by atoms with Crippen LogP contribution in [0.2, 0.25) is 0 Å². The first-order chi connectivity index (χ1) is 7.47. The van der Waals surface area contributed by atoms with Gasteiger partial charge in [0.2, 0.25) is 0 Å². The predicted molar refractivity (Wildman–Crippen MR) is 60.1 cm³/mol. The average Bonchev–Trinajstić information content (AvgIpc) is 2.28. The van der Waals surface area contributed by atoms with E-state index in [9.17, 15) is 19.0 Å².